The summed E-state index contributed by atoms with van der Waals surface area (Å²) >= 11 is 0. The van der Waals surface area contributed by atoms with Crippen molar-refractivity contribution in [3.63, 3.8) is 0 Å². The number of nitrogens with two attached hydrogens (primary N) is 1. The quantitative estimate of drug-likeness (QED) is 0.566. The van der Waals surface area contributed by atoms with Gasteiger partial charge in [0.2, 0.25) is 0 Å². The van der Waals surface area contributed by atoms with Gasteiger partial charge in [0.05, 0.1) is 19.8 Å². The van der Waals surface area contributed by atoms with Gasteiger partial charge in [0.1, 0.15) is 0 Å². The first-order chi connectivity index (χ1) is 7.33. The lowest BCUT2D eigenvalue weighted by molar-refractivity contribution is 0.0270. The Bertz CT molecular complexity index is 158. The lowest BCUT2D eigenvalue weighted by Crippen LogP contribution is -2.17. The largest absolute Gasteiger partial charge is 0.379 e. The molecule has 0 heterocycles. The normalized spacial score (nSPS) is 18.0. The molecule has 0 aromatic rings. The Morgan fingerprint density at radius 3 is 2.47 bits per heavy atom. The van der Waals surface area contributed by atoms with Gasteiger partial charge in [-0.05, 0) is 37.6 Å². The van der Waals surface area contributed by atoms with E-state index in [9.17, 15) is 0 Å². The highest BCUT2D eigenvalue weighted by molar-refractivity contribution is 4.92. The fraction of sp³-hybridized carbons (Fsp3) is 1.00. The van der Waals surface area contributed by atoms with E-state index in [-0.39, 0.29) is 0 Å². The Balaban J connectivity index is 1.84. The van der Waals surface area contributed by atoms with Crippen LogP contribution in [0.4, 0.5) is 0 Å². The van der Waals surface area contributed by atoms with Crippen LogP contribution < -0.4 is 5.73 Å². The van der Waals surface area contributed by atoms with Crippen molar-refractivity contribution in [2.45, 2.75) is 39.0 Å². The van der Waals surface area contributed by atoms with Crippen LogP contribution in [-0.4, -0.2) is 33.0 Å². The fourth-order valence-electron chi connectivity index (χ4n) is 1.70. The molecule has 0 saturated heterocycles. The van der Waals surface area contributed by atoms with Crippen molar-refractivity contribution < 1.29 is 9.47 Å². The molecular formula is C12H25NO2. The summed E-state index contributed by atoms with van der Waals surface area (Å²) in [5, 5.41) is 0. The maximum absolute atomic E-state index is 5.61. The third kappa shape index (κ3) is 5.50. The molecule has 0 spiro atoms. The van der Waals surface area contributed by atoms with Crippen molar-refractivity contribution in [1.29, 1.82) is 0 Å². The zero-order chi connectivity index (χ0) is 11.0. The van der Waals surface area contributed by atoms with Crippen LogP contribution in [0.3, 0.4) is 0 Å². The van der Waals surface area contributed by atoms with Crippen LogP contribution in [0.1, 0.15) is 39.0 Å². The van der Waals surface area contributed by atoms with Crippen molar-refractivity contribution in [2.24, 2.45) is 11.1 Å². The van der Waals surface area contributed by atoms with Gasteiger partial charge < -0.3 is 15.2 Å². The van der Waals surface area contributed by atoms with Gasteiger partial charge in [-0.3, -0.25) is 0 Å². The van der Waals surface area contributed by atoms with Gasteiger partial charge in [-0.15, -0.1) is 0 Å². The van der Waals surface area contributed by atoms with E-state index in [1.807, 2.05) is 0 Å². The van der Waals surface area contributed by atoms with Gasteiger partial charge in [0.25, 0.3) is 0 Å². The average Bonchev–Trinajstić information content (AvgIpc) is 2.98. The molecule has 3 heteroatoms. The van der Waals surface area contributed by atoms with Crippen LogP contribution in [-0.2, 0) is 9.47 Å². The smallest absolute Gasteiger partial charge is 0.0700 e. The predicted molar refractivity (Wildman–Crippen MR) is 61.9 cm³/mol. The van der Waals surface area contributed by atoms with Crippen LogP contribution in [0, 0.1) is 5.41 Å². The zero-order valence-electron chi connectivity index (χ0n) is 9.96. The van der Waals surface area contributed by atoms with Crippen molar-refractivity contribution >= 4 is 0 Å². The monoisotopic (exact) mass is 215 g/mol. The second kappa shape index (κ2) is 7.20. The Kier molecular flexibility index (Phi) is 6.22. The molecule has 0 atom stereocenters. The van der Waals surface area contributed by atoms with Crippen molar-refractivity contribution in [3.8, 4) is 0 Å². The SMILES string of the molecule is CCCCOCCOCC1(CCN)CC1. The summed E-state index contributed by atoms with van der Waals surface area (Å²) in [6, 6.07) is 0. The first-order valence-corrected chi connectivity index (χ1v) is 6.18. The highest BCUT2D eigenvalue weighted by Gasteiger charge is 2.41. The molecule has 0 aromatic heterocycles. The van der Waals surface area contributed by atoms with E-state index in [4.69, 9.17) is 15.2 Å². The average molecular weight is 215 g/mol. The van der Waals surface area contributed by atoms with Crippen LogP contribution >= 0.6 is 0 Å². The van der Waals surface area contributed by atoms with Gasteiger partial charge in [-0.25, -0.2) is 0 Å². The summed E-state index contributed by atoms with van der Waals surface area (Å²) in [5.74, 6) is 0. The minimum Gasteiger partial charge on any atom is -0.379 e. The van der Waals surface area contributed by atoms with Crippen LogP contribution in [0.15, 0.2) is 0 Å². The molecule has 0 aliphatic heterocycles. The number of hydrogen-bond acceptors (Lipinski definition) is 3. The van der Waals surface area contributed by atoms with Crippen LogP contribution in [0.2, 0.25) is 0 Å². The molecular weight excluding hydrogens is 190 g/mol. The maximum Gasteiger partial charge on any atom is 0.0700 e. The van der Waals surface area contributed by atoms with Gasteiger partial charge in [0.15, 0.2) is 0 Å². The third-order valence-corrected chi connectivity index (χ3v) is 3.05. The summed E-state index contributed by atoms with van der Waals surface area (Å²) in [6.07, 6.45) is 6.04. The maximum atomic E-state index is 5.61. The van der Waals surface area contributed by atoms with Gasteiger partial charge in [0, 0.05) is 6.61 Å². The third-order valence-electron chi connectivity index (χ3n) is 3.05. The van der Waals surface area contributed by atoms with E-state index in [0.717, 1.165) is 45.8 Å². The highest BCUT2D eigenvalue weighted by atomic mass is 16.5. The molecule has 0 radical (unpaired) electrons. The summed E-state index contributed by atoms with van der Waals surface area (Å²) in [6.45, 7) is 6.17. The standard InChI is InChI=1S/C12H25NO2/c1-2-3-8-14-9-10-15-11-12(4-5-12)6-7-13/h2-11,13H2,1H3. The molecule has 90 valence electrons. The Labute approximate surface area is 93.3 Å². The molecule has 0 unspecified atom stereocenters. The van der Waals surface area contributed by atoms with Gasteiger partial charge in [-0.1, -0.05) is 13.3 Å². The first-order valence-electron chi connectivity index (χ1n) is 6.18. The van der Waals surface area contributed by atoms with E-state index in [2.05, 4.69) is 6.92 Å². The Hall–Kier alpha value is -0.120. The van der Waals surface area contributed by atoms with Crippen LogP contribution in [0.5, 0.6) is 0 Å². The van der Waals surface area contributed by atoms with Crippen LogP contribution in [0.25, 0.3) is 0 Å². The van der Waals surface area contributed by atoms with Crippen molar-refractivity contribution in [1.82, 2.24) is 0 Å². The molecule has 0 aromatic carbocycles. The minimum atomic E-state index is 0.443. The molecule has 1 rings (SSSR count). The molecule has 1 fully saturated rings. The molecule has 0 bridgehead atoms. The molecule has 1 saturated carbocycles. The molecule has 1 aliphatic carbocycles. The fourth-order valence-corrected chi connectivity index (χ4v) is 1.70. The van der Waals surface area contributed by atoms with E-state index in [1.165, 1.54) is 19.3 Å². The molecule has 15 heavy (non-hydrogen) atoms. The van der Waals surface area contributed by atoms with E-state index in [1.54, 1.807) is 0 Å². The highest BCUT2D eigenvalue weighted by Crippen LogP contribution is 2.48. The summed E-state index contributed by atoms with van der Waals surface area (Å²) < 4.78 is 11.0. The van der Waals surface area contributed by atoms with Crippen molar-refractivity contribution in [2.75, 3.05) is 33.0 Å². The van der Waals surface area contributed by atoms with Crippen molar-refractivity contribution in [3.05, 3.63) is 0 Å². The first kappa shape index (κ1) is 12.9. The van der Waals surface area contributed by atoms with E-state index < -0.39 is 0 Å². The zero-order valence-corrected chi connectivity index (χ0v) is 9.96. The number of hydrogen-bond donors (Lipinski definition) is 1. The second-order valence-electron chi connectivity index (χ2n) is 4.56. The Morgan fingerprint density at radius 2 is 1.87 bits per heavy atom. The number of unbranched alkanes of at least 4 members (excludes halogenated alkanes) is 1. The van der Waals surface area contributed by atoms with Gasteiger partial charge in [-0.2, -0.15) is 0 Å². The topological polar surface area (TPSA) is 44.5 Å². The molecule has 0 amide bonds. The number of rotatable bonds is 10. The van der Waals surface area contributed by atoms with E-state index >= 15 is 0 Å². The lowest BCUT2D eigenvalue weighted by Gasteiger charge is -2.14. The van der Waals surface area contributed by atoms with Gasteiger partial charge >= 0.3 is 0 Å². The predicted octanol–water partition coefficient (Wildman–Crippen LogP) is 1.95. The molecule has 3 nitrogen and oxygen atoms in total. The summed E-state index contributed by atoms with van der Waals surface area (Å²) in [5.41, 5.74) is 6.00. The second-order valence-corrected chi connectivity index (χ2v) is 4.56. The lowest BCUT2D eigenvalue weighted by atomic mass is 10.0. The van der Waals surface area contributed by atoms with E-state index in [0.29, 0.717) is 5.41 Å². The Morgan fingerprint density at radius 1 is 1.13 bits per heavy atom. The molecule has 2 N–H and O–H groups in total. The minimum absolute atomic E-state index is 0.443. The summed E-state index contributed by atoms with van der Waals surface area (Å²) in [4.78, 5) is 0. The molecule has 1 aliphatic rings. The summed E-state index contributed by atoms with van der Waals surface area (Å²) in [7, 11) is 0. The number of ether oxygens (including phenoxy) is 2.